The Morgan fingerprint density at radius 3 is 2.39 bits per heavy atom. The van der Waals surface area contributed by atoms with Gasteiger partial charge in [-0.1, -0.05) is 11.6 Å². The normalized spacial score (nSPS) is 11.9. The standard InChI is InChI=1S/C9H5ClF5NO2/c10-7-3(9(13,14)15)1-5(8(11)12)16-4(7)2-6(17)18/h1,8H,2H2,(H,17,18). The summed E-state index contributed by atoms with van der Waals surface area (Å²) in [5, 5.41) is 7.47. The van der Waals surface area contributed by atoms with Crippen molar-refractivity contribution in [2.24, 2.45) is 0 Å². The number of aromatic nitrogens is 1. The monoisotopic (exact) mass is 289 g/mol. The van der Waals surface area contributed by atoms with E-state index in [1.165, 1.54) is 0 Å². The molecular weight excluding hydrogens is 285 g/mol. The number of alkyl halides is 5. The number of hydrogen-bond donors (Lipinski definition) is 1. The van der Waals surface area contributed by atoms with Crippen LogP contribution >= 0.6 is 11.6 Å². The van der Waals surface area contributed by atoms with Crippen LogP contribution in [0.15, 0.2) is 6.07 Å². The van der Waals surface area contributed by atoms with E-state index < -0.39 is 47.0 Å². The van der Waals surface area contributed by atoms with Gasteiger partial charge in [-0.15, -0.1) is 0 Å². The van der Waals surface area contributed by atoms with Crippen LogP contribution in [0.1, 0.15) is 23.4 Å². The number of carboxylic acid groups (broad SMARTS) is 1. The number of pyridine rings is 1. The zero-order chi connectivity index (χ0) is 14.1. The van der Waals surface area contributed by atoms with Crippen LogP contribution in [0, 0.1) is 0 Å². The molecule has 3 nitrogen and oxygen atoms in total. The number of rotatable bonds is 3. The first-order valence-corrected chi connectivity index (χ1v) is 4.77. The lowest BCUT2D eigenvalue weighted by Gasteiger charge is -2.13. The molecule has 1 heterocycles. The predicted molar refractivity (Wildman–Crippen MR) is 50.5 cm³/mol. The van der Waals surface area contributed by atoms with Crippen LogP contribution in [0.3, 0.4) is 0 Å². The maximum atomic E-state index is 12.5. The fraction of sp³-hybridized carbons (Fsp3) is 0.333. The molecule has 0 amide bonds. The second kappa shape index (κ2) is 5.05. The van der Waals surface area contributed by atoms with Crippen molar-refractivity contribution in [3.05, 3.63) is 28.0 Å². The topological polar surface area (TPSA) is 50.2 Å². The van der Waals surface area contributed by atoms with Crippen molar-refractivity contribution in [2.75, 3.05) is 0 Å². The van der Waals surface area contributed by atoms with Gasteiger partial charge in [0.2, 0.25) is 0 Å². The molecule has 0 bridgehead atoms. The van der Waals surface area contributed by atoms with E-state index in [0.29, 0.717) is 0 Å². The van der Waals surface area contributed by atoms with Gasteiger partial charge in [-0.25, -0.2) is 13.8 Å². The van der Waals surface area contributed by atoms with Crippen LogP contribution in [0.25, 0.3) is 0 Å². The molecular formula is C9H5ClF5NO2. The van der Waals surface area contributed by atoms with Gasteiger partial charge < -0.3 is 5.11 Å². The zero-order valence-corrected chi connectivity index (χ0v) is 9.19. The summed E-state index contributed by atoms with van der Waals surface area (Å²) in [4.78, 5) is 13.5. The molecule has 0 saturated heterocycles. The average molecular weight is 290 g/mol. The number of nitrogens with zero attached hydrogens (tertiary/aromatic N) is 1. The molecule has 0 saturated carbocycles. The predicted octanol–water partition coefficient (Wildman–Crippen LogP) is 3.32. The summed E-state index contributed by atoms with van der Waals surface area (Å²) in [6, 6.07) is 0.109. The molecule has 9 heteroatoms. The molecule has 0 aliphatic carbocycles. The molecule has 0 aliphatic rings. The first-order valence-electron chi connectivity index (χ1n) is 4.39. The summed E-state index contributed by atoms with van der Waals surface area (Å²) in [6.07, 6.45) is -9.18. The average Bonchev–Trinajstić information content (AvgIpc) is 2.18. The highest BCUT2D eigenvalue weighted by molar-refractivity contribution is 6.32. The lowest BCUT2D eigenvalue weighted by atomic mass is 10.1. The van der Waals surface area contributed by atoms with E-state index in [1.807, 2.05) is 0 Å². The van der Waals surface area contributed by atoms with Crippen molar-refractivity contribution in [3.63, 3.8) is 0 Å². The second-order valence-electron chi connectivity index (χ2n) is 3.22. The van der Waals surface area contributed by atoms with Gasteiger partial charge in [0.05, 0.1) is 22.7 Å². The van der Waals surface area contributed by atoms with Gasteiger partial charge in [0.25, 0.3) is 6.43 Å². The molecule has 1 aromatic rings. The number of carboxylic acids is 1. The van der Waals surface area contributed by atoms with Crippen molar-refractivity contribution in [3.8, 4) is 0 Å². The van der Waals surface area contributed by atoms with Crippen LogP contribution in [-0.4, -0.2) is 16.1 Å². The Balaban J connectivity index is 3.43. The van der Waals surface area contributed by atoms with Crippen molar-refractivity contribution in [1.29, 1.82) is 0 Å². The smallest absolute Gasteiger partial charge is 0.417 e. The van der Waals surface area contributed by atoms with Crippen LogP contribution in [0.4, 0.5) is 22.0 Å². The van der Waals surface area contributed by atoms with Crippen molar-refractivity contribution < 1.29 is 31.9 Å². The number of carbonyl (C=O) groups is 1. The van der Waals surface area contributed by atoms with Crippen LogP contribution < -0.4 is 0 Å². The van der Waals surface area contributed by atoms with E-state index in [2.05, 4.69) is 4.98 Å². The minimum atomic E-state index is -4.96. The number of halogens is 6. The Kier molecular flexibility index (Phi) is 4.10. The number of aliphatic carboxylic acids is 1. The van der Waals surface area contributed by atoms with Gasteiger partial charge in [-0.3, -0.25) is 4.79 Å². The molecule has 0 unspecified atom stereocenters. The molecule has 100 valence electrons. The highest BCUT2D eigenvalue weighted by Gasteiger charge is 2.36. The quantitative estimate of drug-likeness (QED) is 0.869. The van der Waals surface area contributed by atoms with Crippen molar-refractivity contribution >= 4 is 17.6 Å². The summed E-state index contributed by atoms with van der Waals surface area (Å²) in [7, 11) is 0. The second-order valence-corrected chi connectivity index (χ2v) is 3.60. The Morgan fingerprint density at radius 1 is 1.44 bits per heavy atom. The summed E-state index contributed by atoms with van der Waals surface area (Å²) in [6.45, 7) is 0. The molecule has 0 spiro atoms. The lowest BCUT2D eigenvalue weighted by Crippen LogP contribution is -2.13. The highest BCUT2D eigenvalue weighted by Crippen LogP contribution is 2.37. The van der Waals surface area contributed by atoms with Gasteiger partial charge in [0.1, 0.15) is 5.69 Å². The first kappa shape index (κ1) is 14.6. The number of hydrogen-bond acceptors (Lipinski definition) is 2. The van der Waals surface area contributed by atoms with Crippen LogP contribution in [0.5, 0.6) is 0 Å². The molecule has 18 heavy (non-hydrogen) atoms. The molecule has 1 aromatic heterocycles. The summed E-state index contributed by atoms with van der Waals surface area (Å²) in [5.41, 5.74) is -3.43. The van der Waals surface area contributed by atoms with E-state index in [0.717, 1.165) is 0 Å². The molecule has 0 atom stereocenters. The minimum Gasteiger partial charge on any atom is -0.481 e. The SMILES string of the molecule is O=C(O)Cc1nc(C(F)F)cc(C(F)(F)F)c1Cl. The molecule has 0 aromatic carbocycles. The molecule has 0 radical (unpaired) electrons. The highest BCUT2D eigenvalue weighted by atomic mass is 35.5. The van der Waals surface area contributed by atoms with E-state index in [9.17, 15) is 26.7 Å². The van der Waals surface area contributed by atoms with Gasteiger partial charge in [-0.05, 0) is 6.07 Å². The fourth-order valence-corrected chi connectivity index (χ4v) is 1.45. The summed E-state index contributed by atoms with van der Waals surface area (Å²) in [5.74, 6) is -1.52. The Labute approximate surface area is 102 Å². The third kappa shape index (κ3) is 3.28. The minimum absolute atomic E-state index is 0.109. The van der Waals surface area contributed by atoms with Gasteiger partial charge in [-0.2, -0.15) is 13.2 Å². The van der Waals surface area contributed by atoms with Crippen molar-refractivity contribution in [1.82, 2.24) is 4.98 Å². The Hall–Kier alpha value is -1.44. The third-order valence-corrected chi connectivity index (χ3v) is 2.32. The lowest BCUT2D eigenvalue weighted by molar-refractivity contribution is -0.139. The first-order chi connectivity index (χ1) is 8.12. The van der Waals surface area contributed by atoms with E-state index in [4.69, 9.17) is 16.7 Å². The molecule has 0 aliphatic heterocycles. The molecule has 1 rings (SSSR count). The van der Waals surface area contributed by atoms with Gasteiger partial charge in [0, 0.05) is 0 Å². The van der Waals surface area contributed by atoms with E-state index >= 15 is 0 Å². The maximum Gasteiger partial charge on any atom is 0.417 e. The molecule has 1 N–H and O–H groups in total. The van der Waals surface area contributed by atoms with Crippen LogP contribution in [0.2, 0.25) is 5.02 Å². The Bertz CT molecular complexity index is 475. The van der Waals surface area contributed by atoms with Gasteiger partial charge >= 0.3 is 12.1 Å². The summed E-state index contributed by atoms with van der Waals surface area (Å²) < 4.78 is 62.2. The molecule has 0 fully saturated rings. The van der Waals surface area contributed by atoms with Crippen LogP contribution in [-0.2, 0) is 17.4 Å². The van der Waals surface area contributed by atoms with E-state index in [1.54, 1.807) is 0 Å². The summed E-state index contributed by atoms with van der Waals surface area (Å²) >= 11 is 5.32. The Morgan fingerprint density at radius 2 is 2.00 bits per heavy atom. The zero-order valence-electron chi connectivity index (χ0n) is 8.43. The van der Waals surface area contributed by atoms with Crippen molar-refractivity contribution in [2.45, 2.75) is 19.0 Å². The fourth-order valence-electron chi connectivity index (χ4n) is 1.18. The third-order valence-electron chi connectivity index (χ3n) is 1.89. The van der Waals surface area contributed by atoms with Gasteiger partial charge in [0.15, 0.2) is 0 Å². The van der Waals surface area contributed by atoms with E-state index in [-0.39, 0.29) is 6.07 Å². The maximum absolute atomic E-state index is 12.5. The largest absolute Gasteiger partial charge is 0.481 e.